The number of hydrogen-bond acceptors (Lipinski definition) is 2. The fourth-order valence-electron chi connectivity index (χ4n) is 2.54. The highest BCUT2D eigenvalue weighted by Gasteiger charge is 2.15. The summed E-state index contributed by atoms with van der Waals surface area (Å²) >= 11 is 12.1. The largest absolute Gasteiger partial charge is 0.295 e. The highest BCUT2D eigenvalue weighted by atomic mass is 35.5. The Morgan fingerprint density at radius 2 is 1.83 bits per heavy atom. The molecule has 0 saturated carbocycles. The van der Waals surface area contributed by atoms with Crippen molar-refractivity contribution in [3.05, 3.63) is 80.2 Å². The van der Waals surface area contributed by atoms with Crippen LogP contribution in [0.2, 0.25) is 10.0 Å². The van der Waals surface area contributed by atoms with E-state index in [0.717, 1.165) is 11.4 Å². The Balaban J connectivity index is 2.10. The van der Waals surface area contributed by atoms with Gasteiger partial charge in [-0.15, -0.1) is 0 Å². The van der Waals surface area contributed by atoms with Crippen molar-refractivity contribution in [3.63, 3.8) is 0 Å². The van der Waals surface area contributed by atoms with Crippen molar-refractivity contribution in [2.75, 3.05) is 0 Å². The lowest BCUT2D eigenvalue weighted by Gasteiger charge is -2.02. The molecule has 0 amide bonds. The minimum Gasteiger partial charge on any atom is -0.295 e. The highest BCUT2D eigenvalue weighted by molar-refractivity contribution is 6.35. The molecular formula is C18H15Cl2N3O. The highest BCUT2D eigenvalue weighted by Crippen LogP contribution is 2.28. The van der Waals surface area contributed by atoms with Crippen molar-refractivity contribution in [1.29, 1.82) is 0 Å². The average molecular weight is 360 g/mol. The maximum atomic E-state index is 12.8. The van der Waals surface area contributed by atoms with E-state index in [1.165, 1.54) is 4.68 Å². The summed E-state index contributed by atoms with van der Waals surface area (Å²) < 4.78 is 1.50. The van der Waals surface area contributed by atoms with Crippen LogP contribution in [0.5, 0.6) is 0 Å². The molecular weight excluding hydrogens is 345 g/mol. The van der Waals surface area contributed by atoms with Crippen LogP contribution in [0.4, 0.5) is 5.69 Å². The summed E-state index contributed by atoms with van der Waals surface area (Å²) in [5.41, 5.74) is 2.99. The molecule has 0 radical (unpaired) electrons. The third-order valence-corrected chi connectivity index (χ3v) is 4.20. The standard InChI is InChI=1S/C18H15Cl2N3O/c1-11(21-16-10-13(19)8-9-15(16)20)17-12(2)22-23(18(17)24)14-6-4-3-5-7-14/h3-10,22H,1-2H3. The lowest BCUT2D eigenvalue weighted by molar-refractivity contribution is 0.835. The molecule has 0 aliphatic rings. The Labute approximate surface area is 149 Å². The van der Waals surface area contributed by atoms with Crippen molar-refractivity contribution in [2.24, 2.45) is 4.99 Å². The van der Waals surface area contributed by atoms with E-state index in [9.17, 15) is 4.79 Å². The van der Waals surface area contributed by atoms with Crippen LogP contribution in [0.1, 0.15) is 18.2 Å². The van der Waals surface area contributed by atoms with E-state index in [0.29, 0.717) is 27.0 Å². The van der Waals surface area contributed by atoms with Crippen molar-refractivity contribution in [1.82, 2.24) is 9.78 Å². The molecule has 3 rings (SSSR count). The zero-order valence-corrected chi connectivity index (χ0v) is 14.7. The predicted octanol–water partition coefficient (Wildman–Crippen LogP) is 4.92. The molecule has 0 bridgehead atoms. The minimum atomic E-state index is -0.155. The number of nitrogens with one attached hydrogen (secondary N) is 1. The summed E-state index contributed by atoms with van der Waals surface area (Å²) in [6.45, 7) is 3.62. The van der Waals surface area contributed by atoms with Gasteiger partial charge in [-0.2, -0.15) is 0 Å². The van der Waals surface area contributed by atoms with Gasteiger partial charge >= 0.3 is 0 Å². The maximum Gasteiger partial charge on any atom is 0.280 e. The molecule has 3 aromatic rings. The Morgan fingerprint density at radius 3 is 2.54 bits per heavy atom. The van der Waals surface area contributed by atoms with Gasteiger partial charge in [0.25, 0.3) is 5.56 Å². The van der Waals surface area contributed by atoms with Crippen LogP contribution in [0.3, 0.4) is 0 Å². The Morgan fingerprint density at radius 1 is 1.12 bits per heavy atom. The van der Waals surface area contributed by atoms with Gasteiger partial charge in [0.2, 0.25) is 0 Å². The molecule has 0 spiro atoms. The molecule has 1 heterocycles. The number of aromatic nitrogens is 2. The molecule has 0 aliphatic heterocycles. The van der Waals surface area contributed by atoms with Gasteiger partial charge in [0, 0.05) is 10.7 Å². The molecule has 0 aliphatic carbocycles. The number of rotatable bonds is 3. The number of H-pyrrole nitrogens is 1. The lowest BCUT2D eigenvalue weighted by atomic mass is 10.1. The van der Waals surface area contributed by atoms with E-state index in [4.69, 9.17) is 23.2 Å². The predicted molar refractivity (Wildman–Crippen MR) is 99.5 cm³/mol. The number of benzene rings is 2. The van der Waals surface area contributed by atoms with Crippen LogP contribution in [-0.4, -0.2) is 15.5 Å². The number of aryl methyl sites for hydroxylation is 1. The van der Waals surface area contributed by atoms with Gasteiger partial charge in [0.15, 0.2) is 0 Å². The number of nitrogens with zero attached hydrogens (tertiary/aromatic N) is 2. The van der Waals surface area contributed by atoms with Crippen LogP contribution in [0.25, 0.3) is 5.69 Å². The third kappa shape index (κ3) is 3.16. The maximum absolute atomic E-state index is 12.8. The van der Waals surface area contributed by atoms with E-state index >= 15 is 0 Å². The van der Waals surface area contributed by atoms with Gasteiger partial charge in [-0.05, 0) is 44.2 Å². The molecule has 0 saturated heterocycles. The number of hydrogen-bond donors (Lipinski definition) is 1. The number of halogens is 2. The van der Waals surface area contributed by atoms with E-state index in [1.807, 2.05) is 37.3 Å². The van der Waals surface area contributed by atoms with Gasteiger partial charge < -0.3 is 0 Å². The first-order valence-corrected chi connectivity index (χ1v) is 8.10. The lowest BCUT2D eigenvalue weighted by Crippen LogP contribution is -2.19. The summed E-state index contributed by atoms with van der Waals surface area (Å²) in [4.78, 5) is 17.3. The monoisotopic (exact) mass is 359 g/mol. The molecule has 122 valence electrons. The number of aromatic amines is 1. The first kappa shape index (κ1) is 16.6. The summed E-state index contributed by atoms with van der Waals surface area (Å²) in [6, 6.07) is 14.4. The molecule has 2 aromatic carbocycles. The van der Waals surface area contributed by atoms with E-state index in [-0.39, 0.29) is 5.56 Å². The third-order valence-electron chi connectivity index (χ3n) is 3.64. The average Bonchev–Trinajstić information content (AvgIpc) is 2.86. The van der Waals surface area contributed by atoms with Gasteiger partial charge in [-0.1, -0.05) is 41.4 Å². The SMILES string of the molecule is CC(=Nc1cc(Cl)ccc1Cl)c1c(C)[nH]n(-c2ccccc2)c1=O. The van der Waals surface area contributed by atoms with Crippen molar-refractivity contribution in [3.8, 4) is 5.69 Å². The quantitative estimate of drug-likeness (QED) is 0.662. The van der Waals surface area contributed by atoms with Crippen molar-refractivity contribution >= 4 is 34.6 Å². The molecule has 1 aromatic heterocycles. The van der Waals surface area contributed by atoms with Crippen LogP contribution < -0.4 is 5.56 Å². The van der Waals surface area contributed by atoms with Crippen LogP contribution in [0, 0.1) is 6.92 Å². The zero-order chi connectivity index (χ0) is 17.3. The van der Waals surface area contributed by atoms with E-state index in [2.05, 4.69) is 10.1 Å². The Bertz CT molecular complexity index is 972. The molecule has 24 heavy (non-hydrogen) atoms. The second kappa shape index (κ2) is 6.67. The van der Waals surface area contributed by atoms with Gasteiger partial charge in [0.1, 0.15) is 0 Å². The topological polar surface area (TPSA) is 50.1 Å². The first-order chi connectivity index (χ1) is 11.5. The van der Waals surface area contributed by atoms with Crippen LogP contribution >= 0.6 is 23.2 Å². The molecule has 0 fully saturated rings. The van der Waals surface area contributed by atoms with Gasteiger partial charge in [-0.3, -0.25) is 14.9 Å². The minimum absolute atomic E-state index is 0.155. The first-order valence-electron chi connectivity index (χ1n) is 7.35. The summed E-state index contributed by atoms with van der Waals surface area (Å²) in [7, 11) is 0. The summed E-state index contributed by atoms with van der Waals surface area (Å²) in [5.74, 6) is 0. The molecule has 0 unspecified atom stereocenters. The van der Waals surface area contributed by atoms with E-state index in [1.54, 1.807) is 25.1 Å². The van der Waals surface area contributed by atoms with Crippen LogP contribution in [-0.2, 0) is 0 Å². The number of aliphatic imine (C=N–C) groups is 1. The second-order valence-corrected chi connectivity index (χ2v) is 6.22. The summed E-state index contributed by atoms with van der Waals surface area (Å²) in [6.07, 6.45) is 0. The number of para-hydroxylation sites is 1. The van der Waals surface area contributed by atoms with Crippen LogP contribution in [0.15, 0.2) is 58.3 Å². The Kier molecular flexibility index (Phi) is 4.60. The molecule has 0 atom stereocenters. The smallest absolute Gasteiger partial charge is 0.280 e. The summed E-state index contributed by atoms with van der Waals surface area (Å²) in [5, 5.41) is 4.11. The Hall–Kier alpha value is -2.30. The van der Waals surface area contributed by atoms with Gasteiger partial charge in [-0.25, -0.2) is 4.68 Å². The van der Waals surface area contributed by atoms with Gasteiger partial charge in [0.05, 0.1) is 27.7 Å². The molecule has 6 heteroatoms. The van der Waals surface area contributed by atoms with Crippen molar-refractivity contribution < 1.29 is 0 Å². The van der Waals surface area contributed by atoms with E-state index < -0.39 is 0 Å². The second-order valence-electron chi connectivity index (χ2n) is 5.38. The normalized spacial score (nSPS) is 11.8. The van der Waals surface area contributed by atoms with Crippen molar-refractivity contribution in [2.45, 2.75) is 13.8 Å². The zero-order valence-electron chi connectivity index (χ0n) is 13.2. The molecule has 4 nitrogen and oxygen atoms in total. The fourth-order valence-corrected chi connectivity index (χ4v) is 2.87. The fraction of sp³-hybridized carbons (Fsp3) is 0.111. The molecule has 1 N–H and O–H groups in total.